The Kier molecular flexibility index (Phi) is 5.24. The van der Waals surface area contributed by atoms with Crippen molar-refractivity contribution in [3.8, 4) is 0 Å². The number of hydrogen-bond acceptors (Lipinski definition) is 4. The van der Waals surface area contributed by atoms with Gasteiger partial charge in [0.05, 0.1) is 0 Å². The normalized spacial score (nSPS) is 19.3. The first-order valence-electron chi connectivity index (χ1n) is 9.21. The van der Waals surface area contributed by atoms with E-state index in [4.69, 9.17) is 0 Å². The Hall–Kier alpha value is -1.84. The molecule has 4 rings (SSSR count). The van der Waals surface area contributed by atoms with E-state index >= 15 is 0 Å². The van der Waals surface area contributed by atoms with E-state index in [2.05, 4.69) is 10.3 Å². The molecule has 0 bridgehead atoms. The van der Waals surface area contributed by atoms with Gasteiger partial charge in [0.15, 0.2) is 0 Å². The van der Waals surface area contributed by atoms with Crippen LogP contribution in [-0.4, -0.2) is 54.8 Å². The van der Waals surface area contributed by atoms with Gasteiger partial charge >= 0.3 is 0 Å². The van der Waals surface area contributed by atoms with Gasteiger partial charge in [-0.15, -0.1) is 0 Å². The molecule has 28 heavy (non-hydrogen) atoms. The molecule has 0 spiro atoms. The minimum absolute atomic E-state index is 0.115. The number of nitrogens with zero attached hydrogens (tertiary/aromatic N) is 1. The third-order valence-corrected chi connectivity index (χ3v) is 8.23. The van der Waals surface area contributed by atoms with Crippen molar-refractivity contribution in [3.05, 3.63) is 53.6 Å². The lowest BCUT2D eigenvalue weighted by molar-refractivity contribution is 0.0945. The van der Waals surface area contributed by atoms with Gasteiger partial charge in [-0.2, -0.15) is 16.1 Å². The summed E-state index contributed by atoms with van der Waals surface area (Å²) < 4.78 is 40.0. The number of hydrogen-bond donors (Lipinski definition) is 2. The van der Waals surface area contributed by atoms with Crippen molar-refractivity contribution in [2.45, 2.75) is 23.2 Å². The molecule has 2 aliphatic rings. The van der Waals surface area contributed by atoms with Gasteiger partial charge in [0.2, 0.25) is 10.0 Å². The minimum atomic E-state index is -3.58. The summed E-state index contributed by atoms with van der Waals surface area (Å²) in [7, 11) is -3.58. The molecule has 2 fully saturated rings. The number of carbonyl (C=O) groups excluding carboxylic acids is 1. The fourth-order valence-electron chi connectivity index (χ4n) is 3.46. The summed E-state index contributed by atoms with van der Waals surface area (Å²) in [6.07, 6.45) is 3.23. The van der Waals surface area contributed by atoms with Crippen molar-refractivity contribution in [2.75, 3.05) is 31.1 Å². The molecule has 0 unspecified atom stereocenters. The molecule has 1 amide bonds. The highest BCUT2D eigenvalue weighted by molar-refractivity contribution is 7.99. The van der Waals surface area contributed by atoms with Crippen LogP contribution in [-0.2, 0) is 15.4 Å². The maximum atomic E-state index is 13.1. The molecule has 1 aromatic carbocycles. The van der Waals surface area contributed by atoms with E-state index in [-0.39, 0.29) is 27.7 Å². The van der Waals surface area contributed by atoms with E-state index in [0.717, 1.165) is 29.9 Å². The van der Waals surface area contributed by atoms with Crippen molar-refractivity contribution in [3.63, 3.8) is 0 Å². The van der Waals surface area contributed by atoms with Crippen molar-refractivity contribution < 1.29 is 17.6 Å². The lowest BCUT2D eigenvalue weighted by Crippen LogP contribution is -2.37. The quantitative estimate of drug-likeness (QED) is 0.747. The molecule has 2 aromatic rings. The van der Waals surface area contributed by atoms with E-state index in [1.807, 2.05) is 0 Å². The predicted molar refractivity (Wildman–Crippen MR) is 107 cm³/mol. The van der Waals surface area contributed by atoms with E-state index in [9.17, 15) is 17.6 Å². The van der Waals surface area contributed by atoms with Crippen LogP contribution in [0.15, 0.2) is 41.4 Å². The van der Waals surface area contributed by atoms with E-state index in [1.54, 1.807) is 23.9 Å². The van der Waals surface area contributed by atoms with Crippen LogP contribution < -0.4 is 5.32 Å². The SMILES string of the molecule is O=C(NCC1(c2ccc(F)cc2)CC1)c1cc(S(=O)(=O)N2CCSCC2)c[nH]1. The first-order chi connectivity index (χ1) is 13.4. The van der Waals surface area contributed by atoms with Crippen molar-refractivity contribution in [1.29, 1.82) is 0 Å². The summed E-state index contributed by atoms with van der Waals surface area (Å²) in [4.78, 5) is 15.4. The van der Waals surface area contributed by atoms with Gasteiger partial charge in [0, 0.05) is 42.8 Å². The Labute approximate surface area is 167 Å². The Morgan fingerprint density at radius 3 is 2.54 bits per heavy atom. The molecule has 1 aliphatic carbocycles. The number of amides is 1. The highest BCUT2D eigenvalue weighted by Crippen LogP contribution is 2.47. The molecule has 0 atom stereocenters. The number of aromatic nitrogens is 1. The van der Waals surface area contributed by atoms with Crippen LogP contribution in [0.25, 0.3) is 0 Å². The average Bonchev–Trinajstić information content (AvgIpc) is 3.32. The van der Waals surface area contributed by atoms with E-state index < -0.39 is 10.0 Å². The molecular formula is C19H22FN3O3S2. The zero-order chi connectivity index (χ0) is 19.8. The fraction of sp³-hybridized carbons (Fsp3) is 0.421. The first-order valence-corrected chi connectivity index (χ1v) is 11.8. The maximum absolute atomic E-state index is 13.1. The summed E-state index contributed by atoms with van der Waals surface area (Å²) in [6.45, 7) is 1.40. The molecule has 1 aromatic heterocycles. The summed E-state index contributed by atoms with van der Waals surface area (Å²) in [5.41, 5.74) is 1.07. The first kappa shape index (κ1) is 19.5. The number of carbonyl (C=O) groups is 1. The molecule has 1 saturated heterocycles. The Morgan fingerprint density at radius 2 is 1.89 bits per heavy atom. The predicted octanol–water partition coefficient (Wildman–Crippen LogP) is 2.35. The third-order valence-electron chi connectivity index (χ3n) is 5.41. The van der Waals surface area contributed by atoms with Crippen LogP contribution in [0.2, 0.25) is 0 Å². The molecule has 1 saturated carbocycles. The van der Waals surface area contributed by atoms with Crippen LogP contribution >= 0.6 is 11.8 Å². The molecule has 0 radical (unpaired) electrons. The van der Waals surface area contributed by atoms with Gasteiger partial charge in [-0.05, 0) is 36.6 Å². The number of H-pyrrole nitrogens is 1. The van der Waals surface area contributed by atoms with E-state index in [1.165, 1.54) is 28.7 Å². The van der Waals surface area contributed by atoms with Crippen molar-refractivity contribution in [1.82, 2.24) is 14.6 Å². The average molecular weight is 424 g/mol. The topological polar surface area (TPSA) is 82.3 Å². The zero-order valence-electron chi connectivity index (χ0n) is 15.3. The minimum Gasteiger partial charge on any atom is -0.356 e. The van der Waals surface area contributed by atoms with Gasteiger partial charge in [-0.25, -0.2) is 12.8 Å². The summed E-state index contributed by atoms with van der Waals surface area (Å²) in [5.74, 6) is 0.935. The maximum Gasteiger partial charge on any atom is 0.267 e. The van der Waals surface area contributed by atoms with E-state index in [0.29, 0.717) is 19.6 Å². The molecule has 9 heteroatoms. The number of aromatic amines is 1. The molecule has 150 valence electrons. The van der Waals surface area contributed by atoms with Crippen LogP contribution in [0.4, 0.5) is 4.39 Å². The second kappa shape index (κ2) is 7.53. The second-order valence-corrected chi connectivity index (χ2v) is 10.4. The zero-order valence-corrected chi connectivity index (χ0v) is 16.9. The lowest BCUT2D eigenvalue weighted by atomic mass is 9.96. The monoisotopic (exact) mass is 423 g/mol. The third kappa shape index (κ3) is 3.83. The summed E-state index contributed by atoms with van der Waals surface area (Å²) in [5, 5.41) is 2.88. The standard InChI is InChI=1S/C19H22FN3O3S2/c20-15-3-1-14(2-4-15)19(5-6-19)13-22-18(24)17-11-16(12-21-17)28(25,26)23-7-9-27-10-8-23/h1-4,11-12,21H,5-10,13H2,(H,22,24). The van der Waals surface area contributed by atoms with Crippen molar-refractivity contribution in [2.24, 2.45) is 0 Å². The van der Waals surface area contributed by atoms with Crippen molar-refractivity contribution >= 4 is 27.7 Å². The lowest BCUT2D eigenvalue weighted by Gasteiger charge is -2.24. The fourth-order valence-corrected chi connectivity index (χ4v) is 6.03. The summed E-state index contributed by atoms with van der Waals surface area (Å²) >= 11 is 1.73. The number of rotatable bonds is 6. The van der Waals surface area contributed by atoms with Gasteiger partial charge in [-0.1, -0.05) is 12.1 Å². The summed E-state index contributed by atoms with van der Waals surface area (Å²) in [6, 6.07) is 7.76. The molecular weight excluding hydrogens is 401 g/mol. The van der Waals surface area contributed by atoms with Gasteiger partial charge in [-0.3, -0.25) is 4.79 Å². The van der Waals surface area contributed by atoms with Gasteiger partial charge < -0.3 is 10.3 Å². The van der Waals surface area contributed by atoms with Gasteiger partial charge in [0.25, 0.3) is 5.91 Å². The Morgan fingerprint density at radius 1 is 1.21 bits per heavy atom. The highest BCUT2D eigenvalue weighted by atomic mass is 32.2. The number of benzene rings is 1. The molecule has 1 aliphatic heterocycles. The van der Waals surface area contributed by atoms with Crippen LogP contribution in [0.1, 0.15) is 28.9 Å². The molecule has 2 N–H and O–H groups in total. The van der Waals surface area contributed by atoms with Crippen LogP contribution in [0.5, 0.6) is 0 Å². The Balaban J connectivity index is 1.41. The smallest absolute Gasteiger partial charge is 0.267 e. The molecule has 6 nitrogen and oxygen atoms in total. The number of halogens is 1. The van der Waals surface area contributed by atoms with Crippen LogP contribution in [0, 0.1) is 5.82 Å². The second-order valence-electron chi connectivity index (χ2n) is 7.24. The number of sulfonamides is 1. The number of thioether (sulfide) groups is 1. The highest BCUT2D eigenvalue weighted by Gasteiger charge is 2.44. The number of nitrogens with one attached hydrogen (secondary N) is 2. The largest absolute Gasteiger partial charge is 0.356 e. The Bertz CT molecular complexity index is 963. The van der Waals surface area contributed by atoms with Crippen LogP contribution in [0.3, 0.4) is 0 Å². The molecule has 2 heterocycles. The van der Waals surface area contributed by atoms with Gasteiger partial charge in [0.1, 0.15) is 16.4 Å².